The summed E-state index contributed by atoms with van der Waals surface area (Å²) in [5.74, 6) is 0.139. The first-order valence-corrected chi connectivity index (χ1v) is 7.06. The quantitative estimate of drug-likeness (QED) is 0.771. The van der Waals surface area contributed by atoms with Crippen LogP contribution >= 0.6 is 0 Å². The molecule has 2 saturated heterocycles. The highest BCUT2D eigenvalue weighted by atomic mass is 16.2. The Labute approximate surface area is 118 Å². The van der Waals surface area contributed by atoms with E-state index in [-0.39, 0.29) is 17.2 Å². The summed E-state index contributed by atoms with van der Waals surface area (Å²) in [5.41, 5.74) is 0.613. The van der Waals surface area contributed by atoms with Crippen molar-refractivity contribution in [3.05, 3.63) is 30.1 Å². The van der Waals surface area contributed by atoms with Gasteiger partial charge >= 0.3 is 0 Å². The molecule has 3 rings (SSSR count). The molecule has 2 fully saturated rings. The summed E-state index contributed by atoms with van der Waals surface area (Å²) in [6.45, 7) is 4.73. The maximum Gasteiger partial charge on any atom is 0.272 e. The Morgan fingerprint density at radius 1 is 1.15 bits per heavy atom. The molecular formula is C15H19N3O2. The lowest BCUT2D eigenvalue weighted by Crippen LogP contribution is -2.35. The van der Waals surface area contributed by atoms with Crippen LogP contribution in [-0.4, -0.2) is 52.8 Å². The number of likely N-dealkylation sites (tertiary alicyclic amines) is 2. The highest BCUT2D eigenvalue weighted by Crippen LogP contribution is 2.39. The average molecular weight is 273 g/mol. The van der Waals surface area contributed by atoms with Crippen LogP contribution in [0.25, 0.3) is 0 Å². The van der Waals surface area contributed by atoms with Crippen molar-refractivity contribution in [2.75, 3.05) is 26.2 Å². The number of pyridine rings is 1. The van der Waals surface area contributed by atoms with Gasteiger partial charge in [0.05, 0.1) is 0 Å². The molecule has 2 aliphatic rings. The highest BCUT2D eigenvalue weighted by molar-refractivity contribution is 5.92. The molecule has 0 N–H and O–H groups in total. The zero-order valence-corrected chi connectivity index (χ0v) is 11.7. The monoisotopic (exact) mass is 273 g/mol. The Balaban J connectivity index is 1.69. The van der Waals surface area contributed by atoms with Crippen molar-refractivity contribution in [1.29, 1.82) is 0 Å². The fraction of sp³-hybridized carbons (Fsp3) is 0.533. The Kier molecular flexibility index (Phi) is 3.20. The molecule has 106 valence electrons. The Bertz CT molecular complexity index is 531. The van der Waals surface area contributed by atoms with Gasteiger partial charge in [0.1, 0.15) is 5.69 Å². The lowest BCUT2D eigenvalue weighted by atomic mass is 9.86. The number of aromatic nitrogens is 1. The maximum absolute atomic E-state index is 12.4. The fourth-order valence-corrected chi connectivity index (χ4v) is 3.30. The standard InChI is InChI=1S/C15H19N3O2/c1-12(19)17-8-5-15(10-17)6-9-18(11-15)14(20)13-4-2-3-7-16-13/h2-4,7H,5-6,8-11H2,1H3. The van der Waals surface area contributed by atoms with Gasteiger partial charge in [-0.2, -0.15) is 0 Å². The number of carbonyl (C=O) groups is 2. The van der Waals surface area contributed by atoms with Gasteiger partial charge in [-0.1, -0.05) is 6.07 Å². The molecule has 5 heteroatoms. The summed E-state index contributed by atoms with van der Waals surface area (Å²) in [5, 5.41) is 0. The van der Waals surface area contributed by atoms with E-state index < -0.39 is 0 Å². The van der Waals surface area contributed by atoms with Crippen LogP contribution in [0.1, 0.15) is 30.3 Å². The van der Waals surface area contributed by atoms with Crippen molar-refractivity contribution in [1.82, 2.24) is 14.8 Å². The lowest BCUT2D eigenvalue weighted by molar-refractivity contribution is -0.128. The fourth-order valence-electron chi connectivity index (χ4n) is 3.30. The van der Waals surface area contributed by atoms with Crippen LogP contribution in [-0.2, 0) is 4.79 Å². The van der Waals surface area contributed by atoms with Crippen molar-refractivity contribution >= 4 is 11.8 Å². The summed E-state index contributed by atoms with van der Waals surface area (Å²) >= 11 is 0. The van der Waals surface area contributed by atoms with Gasteiger partial charge in [0.25, 0.3) is 5.91 Å². The molecule has 3 heterocycles. The summed E-state index contributed by atoms with van der Waals surface area (Å²) in [6, 6.07) is 5.40. The predicted octanol–water partition coefficient (Wildman–Crippen LogP) is 1.17. The van der Waals surface area contributed by atoms with Gasteiger partial charge in [0, 0.05) is 44.7 Å². The predicted molar refractivity (Wildman–Crippen MR) is 74.1 cm³/mol. The first-order valence-electron chi connectivity index (χ1n) is 7.06. The summed E-state index contributed by atoms with van der Waals surface area (Å²) in [7, 11) is 0. The molecule has 1 aromatic heterocycles. The van der Waals surface area contributed by atoms with Gasteiger partial charge in [-0.05, 0) is 25.0 Å². The molecule has 1 atom stereocenters. The van der Waals surface area contributed by atoms with Crippen LogP contribution in [0.3, 0.4) is 0 Å². The molecule has 2 aliphatic heterocycles. The smallest absolute Gasteiger partial charge is 0.272 e. The summed E-state index contributed by atoms with van der Waals surface area (Å²) in [6.07, 6.45) is 3.63. The van der Waals surface area contributed by atoms with Crippen LogP contribution in [0.5, 0.6) is 0 Å². The molecule has 1 spiro atoms. The van der Waals surface area contributed by atoms with Crippen molar-refractivity contribution in [3.8, 4) is 0 Å². The van der Waals surface area contributed by atoms with Gasteiger partial charge in [-0.25, -0.2) is 0 Å². The molecular weight excluding hydrogens is 254 g/mol. The van der Waals surface area contributed by atoms with E-state index in [9.17, 15) is 9.59 Å². The van der Waals surface area contributed by atoms with E-state index in [1.54, 1.807) is 19.2 Å². The van der Waals surface area contributed by atoms with E-state index in [4.69, 9.17) is 0 Å². The molecule has 0 radical (unpaired) electrons. The Hall–Kier alpha value is -1.91. The second kappa shape index (κ2) is 4.89. The van der Waals surface area contributed by atoms with Crippen molar-refractivity contribution < 1.29 is 9.59 Å². The third kappa shape index (κ3) is 2.28. The van der Waals surface area contributed by atoms with Crippen molar-refractivity contribution in [3.63, 3.8) is 0 Å². The largest absolute Gasteiger partial charge is 0.342 e. The third-order valence-corrected chi connectivity index (χ3v) is 4.49. The van der Waals surface area contributed by atoms with E-state index in [1.165, 1.54) is 0 Å². The van der Waals surface area contributed by atoms with E-state index in [1.807, 2.05) is 21.9 Å². The minimum absolute atomic E-state index is 0.00347. The van der Waals surface area contributed by atoms with Gasteiger partial charge < -0.3 is 9.80 Å². The van der Waals surface area contributed by atoms with Crippen molar-refractivity contribution in [2.45, 2.75) is 19.8 Å². The Morgan fingerprint density at radius 3 is 2.45 bits per heavy atom. The highest BCUT2D eigenvalue weighted by Gasteiger charge is 2.45. The second-order valence-electron chi connectivity index (χ2n) is 5.88. The van der Waals surface area contributed by atoms with Gasteiger partial charge in [0.15, 0.2) is 0 Å². The van der Waals surface area contributed by atoms with Crippen LogP contribution in [0, 0.1) is 5.41 Å². The number of hydrogen-bond donors (Lipinski definition) is 0. The average Bonchev–Trinajstić information content (AvgIpc) is 3.07. The molecule has 1 unspecified atom stereocenters. The Morgan fingerprint density at radius 2 is 1.85 bits per heavy atom. The molecule has 0 aliphatic carbocycles. The molecule has 0 aromatic carbocycles. The first kappa shape index (κ1) is 13.1. The molecule has 1 aromatic rings. The van der Waals surface area contributed by atoms with E-state index >= 15 is 0 Å². The van der Waals surface area contributed by atoms with Crippen LogP contribution < -0.4 is 0 Å². The molecule has 0 saturated carbocycles. The summed E-state index contributed by atoms with van der Waals surface area (Å²) < 4.78 is 0. The molecule has 0 bridgehead atoms. The minimum Gasteiger partial charge on any atom is -0.342 e. The summed E-state index contributed by atoms with van der Waals surface area (Å²) in [4.78, 5) is 31.7. The lowest BCUT2D eigenvalue weighted by Gasteiger charge is -2.24. The van der Waals surface area contributed by atoms with Crippen LogP contribution in [0.2, 0.25) is 0 Å². The zero-order chi connectivity index (χ0) is 14.2. The number of amides is 2. The van der Waals surface area contributed by atoms with E-state index in [0.29, 0.717) is 5.69 Å². The first-order chi connectivity index (χ1) is 9.60. The van der Waals surface area contributed by atoms with Crippen LogP contribution in [0.4, 0.5) is 0 Å². The number of hydrogen-bond acceptors (Lipinski definition) is 3. The number of nitrogens with zero attached hydrogens (tertiary/aromatic N) is 3. The third-order valence-electron chi connectivity index (χ3n) is 4.49. The number of carbonyl (C=O) groups excluding carboxylic acids is 2. The van der Waals surface area contributed by atoms with Gasteiger partial charge in [0.2, 0.25) is 5.91 Å². The van der Waals surface area contributed by atoms with Gasteiger partial charge in [-0.3, -0.25) is 14.6 Å². The normalized spacial score (nSPS) is 25.4. The van der Waals surface area contributed by atoms with E-state index in [0.717, 1.165) is 39.0 Å². The van der Waals surface area contributed by atoms with Gasteiger partial charge in [-0.15, -0.1) is 0 Å². The zero-order valence-electron chi connectivity index (χ0n) is 11.7. The molecule has 2 amide bonds. The maximum atomic E-state index is 12.4. The SMILES string of the molecule is CC(=O)N1CCC2(CCN(C(=O)c3ccccn3)C2)C1. The second-order valence-corrected chi connectivity index (χ2v) is 5.88. The van der Waals surface area contributed by atoms with Crippen LogP contribution in [0.15, 0.2) is 24.4 Å². The van der Waals surface area contributed by atoms with Crippen molar-refractivity contribution in [2.24, 2.45) is 5.41 Å². The molecule has 20 heavy (non-hydrogen) atoms. The van der Waals surface area contributed by atoms with E-state index in [2.05, 4.69) is 4.98 Å². The topological polar surface area (TPSA) is 53.5 Å². The molecule has 5 nitrogen and oxygen atoms in total. The number of rotatable bonds is 1. The minimum atomic E-state index is 0.00347.